The van der Waals surface area contributed by atoms with Gasteiger partial charge in [-0.05, 0) is 12.3 Å². The Balaban J connectivity index is 3.61. The molecule has 11 heavy (non-hydrogen) atoms. The lowest BCUT2D eigenvalue weighted by Crippen LogP contribution is -2.23. The van der Waals surface area contributed by atoms with Gasteiger partial charge < -0.3 is 10.8 Å². The van der Waals surface area contributed by atoms with Crippen LogP contribution in [0.2, 0.25) is 0 Å². The number of carbonyl (C=O) groups is 1. The van der Waals surface area contributed by atoms with Gasteiger partial charge in [0.05, 0.1) is 5.92 Å². The molecule has 0 saturated carbocycles. The summed E-state index contributed by atoms with van der Waals surface area (Å²) in [7, 11) is 0. The molecule has 3 N–H and O–H groups in total. The van der Waals surface area contributed by atoms with E-state index in [9.17, 15) is 4.79 Å². The highest BCUT2D eigenvalue weighted by molar-refractivity contribution is 5.70. The van der Waals surface area contributed by atoms with Crippen LogP contribution in [-0.2, 0) is 4.79 Å². The maximum Gasteiger partial charge on any atom is 0.307 e. The summed E-state index contributed by atoms with van der Waals surface area (Å²) in [5.41, 5.74) is 5.28. The lowest BCUT2D eigenvalue weighted by Gasteiger charge is -2.10. The van der Waals surface area contributed by atoms with Gasteiger partial charge in [0, 0.05) is 6.54 Å². The quantitative estimate of drug-likeness (QED) is 0.631. The minimum atomic E-state index is -0.770. The van der Waals surface area contributed by atoms with Gasteiger partial charge >= 0.3 is 5.97 Å². The molecular formula is C8H17NO2. The number of aliphatic carboxylic acids is 1. The molecule has 0 aliphatic heterocycles. The lowest BCUT2D eigenvalue weighted by atomic mass is 9.98. The minimum Gasteiger partial charge on any atom is -0.481 e. The first-order chi connectivity index (χ1) is 5.07. The van der Waals surface area contributed by atoms with Gasteiger partial charge in [-0.3, -0.25) is 4.79 Å². The molecule has 0 aromatic rings. The summed E-state index contributed by atoms with van der Waals surface area (Å²) in [6.07, 6.45) is 1.64. The average Bonchev–Trinajstić information content (AvgIpc) is 1.87. The first-order valence-electron chi connectivity index (χ1n) is 4.00. The average molecular weight is 159 g/mol. The van der Waals surface area contributed by atoms with Crippen LogP contribution in [-0.4, -0.2) is 17.6 Å². The van der Waals surface area contributed by atoms with Crippen LogP contribution in [0.5, 0.6) is 0 Å². The van der Waals surface area contributed by atoms with Crippen molar-refractivity contribution < 1.29 is 9.90 Å². The van der Waals surface area contributed by atoms with Gasteiger partial charge in [0.2, 0.25) is 0 Å². The van der Waals surface area contributed by atoms with E-state index < -0.39 is 5.97 Å². The van der Waals surface area contributed by atoms with E-state index in [-0.39, 0.29) is 12.5 Å². The molecule has 0 bridgehead atoms. The number of carboxylic acids is 1. The first kappa shape index (κ1) is 10.4. The number of hydrogen-bond donors (Lipinski definition) is 2. The van der Waals surface area contributed by atoms with Crippen LogP contribution in [0.3, 0.4) is 0 Å². The summed E-state index contributed by atoms with van der Waals surface area (Å²) in [4.78, 5) is 10.5. The van der Waals surface area contributed by atoms with E-state index in [1.165, 1.54) is 0 Å². The Morgan fingerprint density at radius 1 is 1.45 bits per heavy atom. The molecule has 0 aliphatic carbocycles. The number of hydrogen-bond acceptors (Lipinski definition) is 2. The van der Waals surface area contributed by atoms with Crippen LogP contribution in [0.4, 0.5) is 0 Å². The predicted octanol–water partition coefficient (Wildman–Crippen LogP) is 1.08. The molecule has 0 aliphatic rings. The SMILES string of the molecule is CC(C)CCC(CN)C(=O)O. The zero-order valence-electron chi connectivity index (χ0n) is 7.21. The van der Waals surface area contributed by atoms with Gasteiger partial charge in [-0.15, -0.1) is 0 Å². The molecule has 0 amide bonds. The van der Waals surface area contributed by atoms with Crippen molar-refractivity contribution in [3.63, 3.8) is 0 Å². The summed E-state index contributed by atoms with van der Waals surface area (Å²) in [5, 5.41) is 8.61. The Morgan fingerprint density at radius 3 is 2.27 bits per heavy atom. The van der Waals surface area contributed by atoms with Gasteiger partial charge in [-0.2, -0.15) is 0 Å². The molecule has 0 aromatic carbocycles. The van der Waals surface area contributed by atoms with Crippen molar-refractivity contribution in [1.29, 1.82) is 0 Å². The van der Waals surface area contributed by atoms with E-state index in [4.69, 9.17) is 10.8 Å². The zero-order chi connectivity index (χ0) is 8.85. The van der Waals surface area contributed by atoms with Crippen LogP contribution in [0.1, 0.15) is 26.7 Å². The third-order valence-electron chi connectivity index (χ3n) is 1.73. The summed E-state index contributed by atoms with van der Waals surface area (Å²) >= 11 is 0. The summed E-state index contributed by atoms with van der Waals surface area (Å²) in [6.45, 7) is 4.41. The molecule has 0 spiro atoms. The van der Waals surface area contributed by atoms with Gasteiger partial charge in [-0.1, -0.05) is 20.3 Å². The van der Waals surface area contributed by atoms with E-state index in [0.717, 1.165) is 6.42 Å². The standard InChI is InChI=1S/C8H17NO2/c1-6(2)3-4-7(5-9)8(10)11/h6-7H,3-5,9H2,1-2H3,(H,10,11). The van der Waals surface area contributed by atoms with Crippen molar-refractivity contribution in [3.8, 4) is 0 Å². The normalized spacial score (nSPS) is 13.5. The molecule has 1 atom stereocenters. The van der Waals surface area contributed by atoms with Crippen LogP contribution in [0, 0.1) is 11.8 Å². The summed E-state index contributed by atoms with van der Waals surface area (Å²) < 4.78 is 0. The zero-order valence-corrected chi connectivity index (χ0v) is 7.21. The molecule has 0 aromatic heterocycles. The minimum absolute atomic E-state index is 0.252. The summed E-state index contributed by atoms with van der Waals surface area (Å²) in [6, 6.07) is 0. The Morgan fingerprint density at radius 2 is 2.00 bits per heavy atom. The van der Waals surface area contributed by atoms with Crippen molar-refractivity contribution in [2.45, 2.75) is 26.7 Å². The van der Waals surface area contributed by atoms with Crippen LogP contribution >= 0.6 is 0 Å². The van der Waals surface area contributed by atoms with Gasteiger partial charge in [0.25, 0.3) is 0 Å². The monoisotopic (exact) mass is 159 g/mol. The fourth-order valence-corrected chi connectivity index (χ4v) is 0.877. The van der Waals surface area contributed by atoms with E-state index in [2.05, 4.69) is 13.8 Å². The first-order valence-corrected chi connectivity index (χ1v) is 4.00. The molecule has 0 radical (unpaired) electrons. The van der Waals surface area contributed by atoms with Gasteiger partial charge in [0.15, 0.2) is 0 Å². The molecule has 66 valence electrons. The van der Waals surface area contributed by atoms with Crippen molar-refractivity contribution in [2.24, 2.45) is 17.6 Å². The van der Waals surface area contributed by atoms with E-state index in [1.54, 1.807) is 0 Å². The third-order valence-corrected chi connectivity index (χ3v) is 1.73. The molecule has 3 nitrogen and oxygen atoms in total. The van der Waals surface area contributed by atoms with Gasteiger partial charge in [-0.25, -0.2) is 0 Å². The maximum absolute atomic E-state index is 10.5. The Bertz CT molecular complexity index is 123. The molecule has 0 saturated heterocycles. The lowest BCUT2D eigenvalue weighted by molar-refractivity contribution is -0.141. The molecular weight excluding hydrogens is 142 g/mol. The molecule has 0 heterocycles. The molecule has 0 rings (SSSR count). The van der Waals surface area contributed by atoms with E-state index in [1.807, 2.05) is 0 Å². The second-order valence-corrected chi connectivity index (χ2v) is 3.24. The fourth-order valence-electron chi connectivity index (χ4n) is 0.877. The van der Waals surface area contributed by atoms with Crippen molar-refractivity contribution in [2.75, 3.05) is 6.54 Å². The Kier molecular flexibility index (Phi) is 4.86. The Labute approximate surface area is 67.6 Å². The number of nitrogens with two attached hydrogens (primary N) is 1. The van der Waals surface area contributed by atoms with Gasteiger partial charge in [0.1, 0.15) is 0 Å². The van der Waals surface area contributed by atoms with Crippen LogP contribution in [0.25, 0.3) is 0 Å². The van der Waals surface area contributed by atoms with Crippen molar-refractivity contribution in [3.05, 3.63) is 0 Å². The number of carboxylic acid groups (broad SMARTS) is 1. The second-order valence-electron chi connectivity index (χ2n) is 3.24. The highest BCUT2D eigenvalue weighted by atomic mass is 16.4. The van der Waals surface area contributed by atoms with Crippen molar-refractivity contribution >= 4 is 5.97 Å². The topological polar surface area (TPSA) is 63.3 Å². The maximum atomic E-state index is 10.5. The number of rotatable bonds is 5. The molecule has 0 fully saturated rings. The largest absolute Gasteiger partial charge is 0.481 e. The van der Waals surface area contributed by atoms with Crippen LogP contribution < -0.4 is 5.73 Å². The Hall–Kier alpha value is -0.570. The predicted molar refractivity (Wildman–Crippen MR) is 44.3 cm³/mol. The van der Waals surface area contributed by atoms with E-state index >= 15 is 0 Å². The van der Waals surface area contributed by atoms with Crippen LogP contribution in [0.15, 0.2) is 0 Å². The highest BCUT2D eigenvalue weighted by Gasteiger charge is 2.14. The molecule has 1 unspecified atom stereocenters. The second kappa shape index (κ2) is 5.13. The highest BCUT2D eigenvalue weighted by Crippen LogP contribution is 2.10. The van der Waals surface area contributed by atoms with E-state index in [0.29, 0.717) is 12.3 Å². The fraction of sp³-hybridized carbons (Fsp3) is 0.875. The smallest absolute Gasteiger partial charge is 0.307 e. The third kappa shape index (κ3) is 4.79. The van der Waals surface area contributed by atoms with Crippen molar-refractivity contribution in [1.82, 2.24) is 0 Å². The summed E-state index contributed by atoms with van der Waals surface area (Å²) in [5.74, 6) is -0.561. The molecule has 3 heteroatoms.